The molecular weight excluding hydrogens is 522 g/mol. The van der Waals surface area contributed by atoms with Crippen LogP contribution in [-0.2, 0) is 0 Å². The van der Waals surface area contributed by atoms with Crippen LogP contribution in [-0.4, -0.2) is 37.7 Å². The zero-order valence-corrected chi connectivity index (χ0v) is 23.6. The largest absolute Gasteiger partial charge is 0.494 e. The molecule has 7 rings (SSSR count). The summed E-state index contributed by atoms with van der Waals surface area (Å²) in [5.41, 5.74) is 6.19. The second-order valence-corrected chi connectivity index (χ2v) is 9.51. The number of rotatable bonds is 7. The molecule has 0 saturated heterocycles. The SMILES string of the molecule is CCOc1ccc(-c2cc3cccnc3[nH]2)cc1.CCOc1ccc(-c2cc3cccnc3n2-c2ccccn2)cc1. The minimum Gasteiger partial charge on any atom is -0.494 e. The summed E-state index contributed by atoms with van der Waals surface area (Å²) in [4.78, 5) is 16.7. The van der Waals surface area contributed by atoms with Crippen LogP contribution >= 0.6 is 0 Å². The molecule has 42 heavy (non-hydrogen) atoms. The summed E-state index contributed by atoms with van der Waals surface area (Å²) < 4.78 is 13.1. The van der Waals surface area contributed by atoms with Crippen LogP contribution in [0.25, 0.3) is 50.4 Å². The van der Waals surface area contributed by atoms with Gasteiger partial charge in [0.15, 0.2) is 0 Å². The zero-order valence-electron chi connectivity index (χ0n) is 23.6. The summed E-state index contributed by atoms with van der Waals surface area (Å²) in [6, 6.07) is 34.4. The Morgan fingerprint density at radius 2 is 1.26 bits per heavy atom. The van der Waals surface area contributed by atoms with E-state index in [4.69, 9.17) is 9.47 Å². The molecule has 0 saturated carbocycles. The Hall–Kier alpha value is -5.43. The maximum absolute atomic E-state index is 5.54. The molecule has 5 heterocycles. The Bertz CT molecular complexity index is 1860. The second kappa shape index (κ2) is 12.4. The van der Waals surface area contributed by atoms with E-state index in [-0.39, 0.29) is 0 Å². The predicted molar refractivity (Wildman–Crippen MR) is 168 cm³/mol. The molecule has 0 radical (unpaired) electrons. The molecule has 0 aliphatic heterocycles. The maximum Gasteiger partial charge on any atom is 0.146 e. The first-order valence-corrected chi connectivity index (χ1v) is 14.0. The lowest BCUT2D eigenvalue weighted by molar-refractivity contribution is 0.340. The number of benzene rings is 2. The smallest absolute Gasteiger partial charge is 0.146 e. The van der Waals surface area contributed by atoms with E-state index in [1.54, 1.807) is 12.4 Å². The van der Waals surface area contributed by atoms with Crippen molar-refractivity contribution in [2.24, 2.45) is 0 Å². The van der Waals surface area contributed by atoms with Gasteiger partial charge in [0.25, 0.3) is 0 Å². The lowest BCUT2D eigenvalue weighted by atomic mass is 10.1. The molecule has 7 aromatic rings. The molecule has 0 bridgehead atoms. The van der Waals surface area contributed by atoms with Gasteiger partial charge in [0.05, 0.1) is 18.9 Å². The molecule has 0 amide bonds. The molecule has 0 aliphatic rings. The van der Waals surface area contributed by atoms with E-state index in [1.807, 2.05) is 74.6 Å². The minimum atomic E-state index is 0.664. The first-order valence-electron chi connectivity index (χ1n) is 14.0. The lowest BCUT2D eigenvalue weighted by Crippen LogP contribution is -2.00. The van der Waals surface area contributed by atoms with Gasteiger partial charge in [-0.25, -0.2) is 15.0 Å². The van der Waals surface area contributed by atoms with E-state index in [2.05, 4.69) is 73.0 Å². The average molecular weight is 554 g/mol. The number of nitrogens with one attached hydrogen (secondary N) is 1. The molecule has 5 aromatic heterocycles. The Balaban J connectivity index is 0.000000157. The van der Waals surface area contributed by atoms with Crippen LogP contribution in [0.2, 0.25) is 0 Å². The lowest BCUT2D eigenvalue weighted by Gasteiger charge is -2.10. The van der Waals surface area contributed by atoms with Crippen molar-refractivity contribution in [2.75, 3.05) is 13.2 Å². The molecule has 1 N–H and O–H groups in total. The molecule has 0 aliphatic carbocycles. The highest BCUT2D eigenvalue weighted by Crippen LogP contribution is 2.31. The van der Waals surface area contributed by atoms with Gasteiger partial charge >= 0.3 is 0 Å². The van der Waals surface area contributed by atoms with E-state index >= 15 is 0 Å². The molecule has 7 heteroatoms. The van der Waals surface area contributed by atoms with Crippen molar-refractivity contribution in [2.45, 2.75) is 13.8 Å². The molecule has 2 aromatic carbocycles. The third kappa shape index (κ3) is 5.71. The summed E-state index contributed by atoms with van der Waals surface area (Å²) in [5, 5.41) is 2.22. The van der Waals surface area contributed by atoms with Crippen molar-refractivity contribution >= 4 is 22.1 Å². The van der Waals surface area contributed by atoms with Crippen molar-refractivity contribution in [3.05, 3.63) is 122 Å². The van der Waals surface area contributed by atoms with Crippen LogP contribution in [0.15, 0.2) is 122 Å². The molecule has 208 valence electrons. The van der Waals surface area contributed by atoms with E-state index in [9.17, 15) is 0 Å². The fourth-order valence-corrected chi connectivity index (χ4v) is 4.86. The maximum atomic E-state index is 5.54. The number of aromatic amines is 1. The Kier molecular flexibility index (Phi) is 7.90. The number of aromatic nitrogens is 5. The number of hydrogen-bond donors (Lipinski definition) is 1. The summed E-state index contributed by atoms with van der Waals surface area (Å²) in [6.45, 7) is 5.32. The van der Waals surface area contributed by atoms with E-state index in [0.29, 0.717) is 13.2 Å². The number of fused-ring (bicyclic) bond motifs is 2. The normalized spacial score (nSPS) is 10.8. The van der Waals surface area contributed by atoms with Gasteiger partial charge in [-0.1, -0.05) is 6.07 Å². The predicted octanol–water partition coefficient (Wildman–Crippen LogP) is 8.11. The third-order valence-electron chi connectivity index (χ3n) is 6.77. The third-order valence-corrected chi connectivity index (χ3v) is 6.77. The number of pyridine rings is 3. The Morgan fingerprint density at radius 3 is 1.90 bits per heavy atom. The fraction of sp³-hybridized carbons (Fsp3) is 0.114. The van der Waals surface area contributed by atoms with Crippen LogP contribution in [0.1, 0.15) is 13.8 Å². The van der Waals surface area contributed by atoms with Crippen molar-refractivity contribution < 1.29 is 9.47 Å². The first kappa shape index (κ1) is 26.8. The number of H-pyrrole nitrogens is 1. The second-order valence-electron chi connectivity index (χ2n) is 9.51. The monoisotopic (exact) mass is 553 g/mol. The van der Waals surface area contributed by atoms with Crippen LogP contribution in [0.3, 0.4) is 0 Å². The van der Waals surface area contributed by atoms with E-state index < -0.39 is 0 Å². The topological polar surface area (TPSA) is 77.9 Å². The van der Waals surface area contributed by atoms with Gasteiger partial charge in [-0.2, -0.15) is 0 Å². The molecule has 0 atom stereocenters. The standard InChI is InChI=1S/C20H17N3O.C15H14N2O/c1-2-24-17-10-8-15(9-11-17)18-14-16-6-5-13-22-20(16)23(18)19-7-3-4-12-21-19;1-2-18-13-7-5-11(6-8-13)14-10-12-4-3-9-16-15(12)17-14/h3-14H,2H2,1H3;3-10H,2H2,1H3,(H,16,17). The van der Waals surface area contributed by atoms with Crippen molar-refractivity contribution in [3.8, 4) is 39.8 Å². The van der Waals surface area contributed by atoms with Gasteiger partial charge in [-0.05, 0) is 122 Å². The van der Waals surface area contributed by atoms with Crippen LogP contribution in [0.5, 0.6) is 11.5 Å². The van der Waals surface area contributed by atoms with Gasteiger partial charge in [-0.15, -0.1) is 0 Å². The first-order chi connectivity index (χ1) is 20.7. The number of nitrogens with zero attached hydrogens (tertiary/aromatic N) is 4. The highest BCUT2D eigenvalue weighted by atomic mass is 16.5. The molecule has 0 spiro atoms. The highest BCUT2D eigenvalue weighted by Gasteiger charge is 2.14. The van der Waals surface area contributed by atoms with E-state index in [1.165, 1.54) is 0 Å². The van der Waals surface area contributed by atoms with E-state index in [0.717, 1.165) is 61.9 Å². The van der Waals surface area contributed by atoms with Crippen molar-refractivity contribution in [1.82, 2.24) is 24.5 Å². The summed E-state index contributed by atoms with van der Waals surface area (Å²) in [7, 11) is 0. The highest BCUT2D eigenvalue weighted by molar-refractivity contribution is 5.86. The summed E-state index contributed by atoms with van der Waals surface area (Å²) >= 11 is 0. The number of ether oxygens (including phenoxy) is 2. The summed E-state index contributed by atoms with van der Waals surface area (Å²) in [6.07, 6.45) is 5.40. The van der Waals surface area contributed by atoms with Crippen molar-refractivity contribution in [1.29, 1.82) is 0 Å². The molecule has 0 fully saturated rings. The zero-order chi connectivity index (χ0) is 28.7. The van der Waals surface area contributed by atoms with Gasteiger partial charge in [0.1, 0.15) is 28.6 Å². The summed E-state index contributed by atoms with van der Waals surface area (Å²) in [5.74, 6) is 2.63. The van der Waals surface area contributed by atoms with Gasteiger partial charge in [0, 0.05) is 35.1 Å². The minimum absolute atomic E-state index is 0.664. The van der Waals surface area contributed by atoms with Gasteiger partial charge < -0.3 is 14.5 Å². The van der Waals surface area contributed by atoms with Gasteiger partial charge in [0.2, 0.25) is 0 Å². The molecular formula is C35H31N5O2. The Morgan fingerprint density at radius 1 is 0.619 bits per heavy atom. The van der Waals surface area contributed by atoms with Crippen LogP contribution in [0.4, 0.5) is 0 Å². The molecule has 0 unspecified atom stereocenters. The fourth-order valence-electron chi connectivity index (χ4n) is 4.86. The van der Waals surface area contributed by atoms with Crippen molar-refractivity contribution in [3.63, 3.8) is 0 Å². The number of hydrogen-bond acceptors (Lipinski definition) is 5. The Labute approximate surface area is 244 Å². The van der Waals surface area contributed by atoms with Gasteiger partial charge in [-0.3, -0.25) is 4.57 Å². The van der Waals surface area contributed by atoms with Crippen LogP contribution in [0, 0.1) is 0 Å². The van der Waals surface area contributed by atoms with Crippen LogP contribution < -0.4 is 9.47 Å². The molecule has 7 nitrogen and oxygen atoms in total. The average Bonchev–Trinajstić information content (AvgIpc) is 3.65. The quantitative estimate of drug-likeness (QED) is 0.216.